The zero-order valence-electron chi connectivity index (χ0n) is 17.5. The van der Waals surface area contributed by atoms with E-state index in [0.29, 0.717) is 34.6 Å². The van der Waals surface area contributed by atoms with E-state index in [2.05, 4.69) is 9.97 Å². The molecule has 3 aromatic carbocycles. The van der Waals surface area contributed by atoms with E-state index in [1.807, 2.05) is 61.5 Å². The molecule has 0 radical (unpaired) electrons. The molecular formula is C25H23N3O3. The number of carbonyl (C=O) groups is 1. The molecule has 0 atom stereocenters. The molecule has 0 saturated heterocycles. The predicted molar refractivity (Wildman–Crippen MR) is 120 cm³/mol. The lowest BCUT2D eigenvalue weighted by Gasteiger charge is -2.24. The molecule has 6 heteroatoms. The van der Waals surface area contributed by atoms with Crippen molar-refractivity contribution in [2.24, 2.45) is 0 Å². The van der Waals surface area contributed by atoms with Gasteiger partial charge in [-0.25, -0.2) is 4.98 Å². The van der Waals surface area contributed by atoms with Gasteiger partial charge in [0.05, 0.1) is 31.1 Å². The first-order valence-electron chi connectivity index (χ1n) is 10.0. The lowest BCUT2D eigenvalue weighted by molar-refractivity contribution is 0.0723. The Morgan fingerprint density at radius 3 is 2.48 bits per heavy atom. The molecule has 4 aromatic rings. The maximum absolute atomic E-state index is 13.5. The van der Waals surface area contributed by atoms with Crippen molar-refractivity contribution in [3.63, 3.8) is 0 Å². The van der Waals surface area contributed by atoms with Gasteiger partial charge in [-0.05, 0) is 36.8 Å². The molecular weight excluding hydrogens is 390 g/mol. The first-order chi connectivity index (χ1) is 15.1. The first-order valence-corrected chi connectivity index (χ1v) is 10.0. The second-order valence-electron chi connectivity index (χ2n) is 7.32. The average molecular weight is 413 g/mol. The topological polar surface area (TPSA) is 75.3 Å². The minimum absolute atomic E-state index is 0.139. The Kier molecular flexibility index (Phi) is 5.80. The van der Waals surface area contributed by atoms with Gasteiger partial charge in [0.15, 0.2) is 0 Å². The number of rotatable bonds is 6. The molecule has 0 aliphatic heterocycles. The third kappa shape index (κ3) is 4.33. The van der Waals surface area contributed by atoms with Crippen LogP contribution in [0, 0.1) is 6.92 Å². The third-order valence-corrected chi connectivity index (χ3v) is 5.22. The van der Waals surface area contributed by atoms with Gasteiger partial charge >= 0.3 is 0 Å². The van der Waals surface area contributed by atoms with Crippen LogP contribution >= 0.6 is 0 Å². The van der Waals surface area contributed by atoms with Crippen LogP contribution < -0.4 is 10.3 Å². The monoisotopic (exact) mass is 413 g/mol. The zero-order valence-corrected chi connectivity index (χ0v) is 17.5. The molecule has 0 fully saturated rings. The lowest BCUT2D eigenvalue weighted by Crippen LogP contribution is -2.32. The SMILES string of the molecule is COc1ccccc1CN(Cc1nc2ccccc2c(=O)[nH]1)C(=O)c1ccccc1C. The summed E-state index contributed by atoms with van der Waals surface area (Å²) >= 11 is 0. The van der Waals surface area contributed by atoms with Crippen LogP contribution in [0.4, 0.5) is 0 Å². The summed E-state index contributed by atoms with van der Waals surface area (Å²) in [5.74, 6) is 0.991. The molecule has 156 valence electrons. The Morgan fingerprint density at radius 1 is 0.968 bits per heavy atom. The number of benzene rings is 3. The molecule has 0 unspecified atom stereocenters. The molecule has 0 saturated carbocycles. The average Bonchev–Trinajstić information content (AvgIpc) is 2.79. The summed E-state index contributed by atoms with van der Waals surface area (Å²) in [5, 5.41) is 0.521. The molecule has 4 rings (SSSR count). The van der Waals surface area contributed by atoms with Gasteiger partial charge in [0.25, 0.3) is 11.5 Å². The molecule has 0 spiro atoms. The van der Waals surface area contributed by atoms with Gasteiger partial charge in [0.1, 0.15) is 11.6 Å². The molecule has 1 heterocycles. The van der Waals surface area contributed by atoms with Crippen molar-refractivity contribution >= 4 is 16.8 Å². The fourth-order valence-electron chi connectivity index (χ4n) is 3.61. The minimum atomic E-state index is -0.221. The number of hydrogen-bond donors (Lipinski definition) is 1. The minimum Gasteiger partial charge on any atom is -0.496 e. The molecule has 1 amide bonds. The molecule has 1 aromatic heterocycles. The van der Waals surface area contributed by atoms with Crippen molar-refractivity contribution in [1.29, 1.82) is 0 Å². The Bertz CT molecular complexity index is 1300. The highest BCUT2D eigenvalue weighted by Gasteiger charge is 2.21. The number of hydrogen-bond acceptors (Lipinski definition) is 4. The number of para-hydroxylation sites is 2. The van der Waals surface area contributed by atoms with E-state index in [4.69, 9.17) is 4.74 Å². The number of nitrogens with one attached hydrogen (secondary N) is 1. The standard InChI is InChI=1S/C25H23N3O3/c1-17-9-3-5-11-19(17)25(30)28(15-18-10-4-8-14-22(18)31-2)16-23-26-21-13-7-6-12-20(21)24(29)27-23/h3-14H,15-16H2,1-2H3,(H,26,27,29). The maximum Gasteiger partial charge on any atom is 0.258 e. The highest BCUT2D eigenvalue weighted by molar-refractivity contribution is 5.95. The van der Waals surface area contributed by atoms with Crippen LogP contribution in [-0.2, 0) is 13.1 Å². The number of fused-ring (bicyclic) bond motifs is 1. The highest BCUT2D eigenvalue weighted by Crippen LogP contribution is 2.22. The van der Waals surface area contributed by atoms with Gasteiger partial charge in [-0.15, -0.1) is 0 Å². The molecule has 1 N–H and O–H groups in total. The van der Waals surface area contributed by atoms with Gasteiger partial charge < -0.3 is 14.6 Å². The normalized spacial score (nSPS) is 10.8. The zero-order chi connectivity index (χ0) is 21.8. The van der Waals surface area contributed by atoms with Gasteiger partial charge in [0.2, 0.25) is 0 Å². The van der Waals surface area contributed by atoms with Crippen molar-refractivity contribution in [2.45, 2.75) is 20.0 Å². The summed E-state index contributed by atoms with van der Waals surface area (Å²) in [5.41, 5.74) is 2.75. The fourth-order valence-corrected chi connectivity index (χ4v) is 3.61. The Morgan fingerprint density at radius 2 is 1.68 bits per heavy atom. The van der Waals surface area contributed by atoms with Crippen molar-refractivity contribution < 1.29 is 9.53 Å². The van der Waals surface area contributed by atoms with E-state index in [0.717, 1.165) is 11.1 Å². The van der Waals surface area contributed by atoms with E-state index in [9.17, 15) is 9.59 Å². The summed E-state index contributed by atoms with van der Waals surface area (Å²) in [7, 11) is 1.61. The fraction of sp³-hybridized carbons (Fsp3) is 0.160. The van der Waals surface area contributed by atoms with E-state index in [-0.39, 0.29) is 18.0 Å². The summed E-state index contributed by atoms with van der Waals surface area (Å²) in [6, 6.07) is 22.2. The summed E-state index contributed by atoms with van der Waals surface area (Å²) < 4.78 is 5.47. The largest absolute Gasteiger partial charge is 0.496 e. The quantitative estimate of drug-likeness (QED) is 0.517. The van der Waals surface area contributed by atoms with Gasteiger partial charge in [0, 0.05) is 11.1 Å². The smallest absolute Gasteiger partial charge is 0.258 e. The molecule has 0 aliphatic carbocycles. The molecule has 0 aliphatic rings. The van der Waals surface area contributed by atoms with Crippen LogP contribution in [0.1, 0.15) is 27.3 Å². The second kappa shape index (κ2) is 8.83. The Balaban J connectivity index is 1.74. The Labute approximate surface area is 180 Å². The Hall–Kier alpha value is -3.93. The third-order valence-electron chi connectivity index (χ3n) is 5.22. The number of H-pyrrole nitrogens is 1. The number of ether oxygens (including phenoxy) is 1. The van der Waals surface area contributed by atoms with Crippen LogP contribution in [0.25, 0.3) is 10.9 Å². The van der Waals surface area contributed by atoms with Crippen LogP contribution in [0.15, 0.2) is 77.6 Å². The lowest BCUT2D eigenvalue weighted by atomic mass is 10.1. The van der Waals surface area contributed by atoms with E-state index in [1.165, 1.54) is 0 Å². The van der Waals surface area contributed by atoms with Crippen LogP contribution in [0.2, 0.25) is 0 Å². The first kappa shape index (κ1) is 20.3. The van der Waals surface area contributed by atoms with E-state index < -0.39 is 0 Å². The van der Waals surface area contributed by atoms with Crippen molar-refractivity contribution in [3.8, 4) is 5.75 Å². The molecule has 0 bridgehead atoms. The number of methoxy groups -OCH3 is 1. The summed E-state index contributed by atoms with van der Waals surface area (Å²) in [4.78, 5) is 35.1. The van der Waals surface area contributed by atoms with Crippen molar-refractivity contribution in [2.75, 3.05) is 7.11 Å². The number of aromatic amines is 1. The van der Waals surface area contributed by atoms with Gasteiger partial charge in [-0.1, -0.05) is 48.5 Å². The number of amides is 1. The van der Waals surface area contributed by atoms with E-state index in [1.54, 1.807) is 30.2 Å². The second-order valence-corrected chi connectivity index (χ2v) is 7.32. The number of aromatic nitrogens is 2. The number of aryl methyl sites for hydroxylation is 1. The van der Waals surface area contributed by atoms with E-state index >= 15 is 0 Å². The van der Waals surface area contributed by atoms with Crippen molar-refractivity contribution in [1.82, 2.24) is 14.9 Å². The molecule has 31 heavy (non-hydrogen) atoms. The van der Waals surface area contributed by atoms with Gasteiger partial charge in [-0.2, -0.15) is 0 Å². The predicted octanol–water partition coefficient (Wildman–Crippen LogP) is 4.08. The van der Waals surface area contributed by atoms with Gasteiger partial charge in [-0.3, -0.25) is 9.59 Å². The maximum atomic E-state index is 13.5. The highest BCUT2D eigenvalue weighted by atomic mass is 16.5. The van der Waals surface area contributed by atoms with Crippen LogP contribution in [0.3, 0.4) is 0 Å². The van der Waals surface area contributed by atoms with Crippen molar-refractivity contribution in [3.05, 3.63) is 106 Å². The summed E-state index contributed by atoms with van der Waals surface area (Å²) in [6.45, 7) is 2.38. The van der Waals surface area contributed by atoms with Crippen LogP contribution in [-0.4, -0.2) is 27.9 Å². The van der Waals surface area contributed by atoms with Crippen LogP contribution in [0.5, 0.6) is 5.75 Å². The summed E-state index contributed by atoms with van der Waals surface area (Å²) in [6.07, 6.45) is 0. The molecule has 6 nitrogen and oxygen atoms in total. The number of nitrogens with zero attached hydrogens (tertiary/aromatic N) is 2. The number of carbonyl (C=O) groups excluding carboxylic acids is 1.